The number of amides is 2. The van der Waals surface area contributed by atoms with E-state index in [0.29, 0.717) is 5.02 Å². The van der Waals surface area contributed by atoms with Gasteiger partial charge in [0.05, 0.1) is 5.56 Å². The topological polar surface area (TPSA) is 81.4 Å². The van der Waals surface area contributed by atoms with Crippen molar-refractivity contribution in [3.63, 3.8) is 0 Å². The highest BCUT2D eigenvalue weighted by Crippen LogP contribution is 2.09. The summed E-state index contributed by atoms with van der Waals surface area (Å²) in [6.45, 7) is 0. The first-order valence-electron chi connectivity index (χ1n) is 3.62. The first-order chi connectivity index (χ1) is 6.59. The summed E-state index contributed by atoms with van der Waals surface area (Å²) in [6.07, 6.45) is 0. The molecule has 0 radical (unpaired) electrons. The fraction of sp³-hybridized carbons (Fsp3) is 0. The number of nitrogens with one attached hydrogen (secondary N) is 1. The molecule has 0 atom stereocenters. The molecule has 1 aromatic rings. The molecule has 0 aromatic heterocycles. The minimum atomic E-state index is -0.938. The molecule has 0 saturated carbocycles. The van der Waals surface area contributed by atoms with Gasteiger partial charge in [-0.15, -0.1) is 0 Å². The van der Waals surface area contributed by atoms with Gasteiger partial charge in [-0.3, -0.25) is 0 Å². The van der Waals surface area contributed by atoms with E-state index in [9.17, 15) is 9.59 Å². The summed E-state index contributed by atoms with van der Waals surface area (Å²) in [5, 5.41) is 0.504. The van der Waals surface area contributed by atoms with E-state index in [1.807, 2.05) is 0 Å². The smallest absolute Gasteiger partial charge is 0.349 e. The lowest BCUT2D eigenvalue weighted by Gasteiger charge is -2.02. The summed E-state index contributed by atoms with van der Waals surface area (Å²) in [4.78, 5) is 25.6. The van der Waals surface area contributed by atoms with Crippen molar-refractivity contribution in [2.45, 2.75) is 0 Å². The predicted octanol–water partition coefficient (Wildman–Crippen LogP) is 1.08. The SMILES string of the molecule is NC(=O)NOC(=O)c1ccc(Cl)cc1. The molecule has 0 bridgehead atoms. The van der Waals surface area contributed by atoms with Gasteiger partial charge in [0.2, 0.25) is 0 Å². The molecular weight excluding hydrogens is 208 g/mol. The summed E-state index contributed by atoms with van der Waals surface area (Å²) >= 11 is 5.60. The summed E-state index contributed by atoms with van der Waals surface area (Å²) in [6, 6.07) is 5.05. The highest BCUT2D eigenvalue weighted by Gasteiger charge is 2.07. The molecule has 0 unspecified atom stereocenters. The highest BCUT2D eigenvalue weighted by atomic mass is 35.5. The Labute approximate surface area is 84.7 Å². The zero-order chi connectivity index (χ0) is 10.6. The van der Waals surface area contributed by atoms with Crippen molar-refractivity contribution in [1.82, 2.24) is 5.48 Å². The molecule has 1 aromatic carbocycles. The Kier molecular flexibility index (Phi) is 3.30. The van der Waals surface area contributed by atoms with Gasteiger partial charge in [0.1, 0.15) is 0 Å². The van der Waals surface area contributed by atoms with Crippen LogP contribution in [0.4, 0.5) is 4.79 Å². The van der Waals surface area contributed by atoms with E-state index in [2.05, 4.69) is 4.84 Å². The van der Waals surface area contributed by atoms with Crippen molar-refractivity contribution in [3.8, 4) is 0 Å². The number of carbonyl (C=O) groups is 2. The number of hydroxylamine groups is 1. The number of urea groups is 1. The Morgan fingerprint density at radius 2 is 1.86 bits per heavy atom. The van der Waals surface area contributed by atoms with Gasteiger partial charge in [-0.25, -0.2) is 9.59 Å². The van der Waals surface area contributed by atoms with Crippen LogP contribution in [0.5, 0.6) is 0 Å². The van der Waals surface area contributed by atoms with Gasteiger partial charge in [0.25, 0.3) is 0 Å². The van der Waals surface area contributed by atoms with Gasteiger partial charge in [0.15, 0.2) is 0 Å². The first-order valence-corrected chi connectivity index (χ1v) is 3.99. The zero-order valence-corrected chi connectivity index (χ0v) is 7.75. The maximum Gasteiger partial charge on any atom is 0.363 e. The third kappa shape index (κ3) is 2.95. The third-order valence-electron chi connectivity index (χ3n) is 1.32. The van der Waals surface area contributed by atoms with Gasteiger partial charge in [-0.1, -0.05) is 11.6 Å². The number of rotatable bonds is 1. The van der Waals surface area contributed by atoms with Crippen LogP contribution in [-0.2, 0) is 4.84 Å². The van der Waals surface area contributed by atoms with E-state index in [-0.39, 0.29) is 5.56 Å². The molecule has 0 heterocycles. The highest BCUT2D eigenvalue weighted by molar-refractivity contribution is 6.30. The second-order valence-electron chi connectivity index (χ2n) is 2.36. The Morgan fingerprint density at radius 1 is 1.29 bits per heavy atom. The van der Waals surface area contributed by atoms with Gasteiger partial charge in [0, 0.05) is 5.02 Å². The average Bonchev–Trinajstić information content (AvgIpc) is 2.15. The van der Waals surface area contributed by atoms with Crippen molar-refractivity contribution in [3.05, 3.63) is 34.9 Å². The monoisotopic (exact) mass is 214 g/mol. The third-order valence-corrected chi connectivity index (χ3v) is 1.58. The number of carbonyl (C=O) groups excluding carboxylic acids is 2. The molecule has 1 rings (SSSR count). The number of benzene rings is 1. The van der Waals surface area contributed by atoms with Crippen LogP contribution in [-0.4, -0.2) is 12.0 Å². The van der Waals surface area contributed by atoms with Crippen molar-refractivity contribution in [2.24, 2.45) is 5.73 Å². The molecule has 0 aliphatic heterocycles. The molecule has 74 valence electrons. The van der Waals surface area contributed by atoms with Gasteiger partial charge in [-0.05, 0) is 24.3 Å². The first kappa shape index (κ1) is 10.3. The normalized spacial score (nSPS) is 9.21. The van der Waals surface area contributed by atoms with Gasteiger partial charge >= 0.3 is 12.0 Å². The molecule has 0 spiro atoms. The Hall–Kier alpha value is -1.75. The molecule has 2 amide bonds. The fourth-order valence-corrected chi connectivity index (χ4v) is 0.868. The molecule has 0 aliphatic rings. The molecular formula is C8H7ClN2O3. The maximum atomic E-state index is 11.1. The van der Waals surface area contributed by atoms with Crippen LogP contribution in [0.25, 0.3) is 0 Å². The standard InChI is InChI=1S/C8H7ClN2O3/c9-6-3-1-5(2-4-6)7(12)14-11-8(10)13/h1-4H,(H3,10,11,13). The van der Waals surface area contributed by atoms with E-state index in [1.165, 1.54) is 24.3 Å². The quantitative estimate of drug-likeness (QED) is 0.687. The number of hydrogen-bond donors (Lipinski definition) is 2. The van der Waals surface area contributed by atoms with Crippen LogP contribution in [0.2, 0.25) is 5.02 Å². The van der Waals surface area contributed by atoms with Crippen molar-refractivity contribution >= 4 is 23.6 Å². The second-order valence-corrected chi connectivity index (χ2v) is 2.80. The minimum absolute atomic E-state index is 0.267. The van der Waals surface area contributed by atoms with E-state index in [1.54, 1.807) is 5.48 Å². The molecule has 14 heavy (non-hydrogen) atoms. The van der Waals surface area contributed by atoms with Crippen LogP contribution < -0.4 is 11.2 Å². The van der Waals surface area contributed by atoms with Gasteiger partial charge in [-0.2, -0.15) is 5.48 Å². The summed E-state index contributed by atoms with van der Waals surface area (Å²) in [5.74, 6) is -0.708. The molecule has 5 nitrogen and oxygen atoms in total. The molecule has 0 saturated heterocycles. The zero-order valence-electron chi connectivity index (χ0n) is 6.99. The fourth-order valence-electron chi connectivity index (χ4n) is 0.742. The number of nitrogens with two attached hydrogens (primary N) is 1. The van der Waals surface area contributed by atoms with Crippen LogP contribution in [0.15, 0.2) is 24.3 Å². The van der Waals surface area contributed by atoms with Crippen molar-refractivity contribution in [2.75, 3.05) is 0 Å². The number of primary amides is 1. The predicted molar refractivity (Wildman–Crippen MR) is 49.6 cm³/mol. The lowest BCUT2D eigenvalue weighted by Crippen LogP contribution is -2.31. The van der Waals surface area contributed by atoms with E-state index in [0.717, 1.165) is 0 Å². The lowest BCUT2D eigenvalue weighted by molar-refractivity contribution is 0.0335. The van der Waals surface area contributed by atoms with Crippen LogP contribution in [0.3, 0.4) is 0 Å². The molecule has 6 heteroatoms. The van der Waals surface area contributed by atoms with Crippen LogP contribution in [0.1, 0.15) is 10.4 Å². The molecule has 3 N–H and O–H groups in total. The minimum Gasteiger partial charge on any atom is -0.349 e. The molecule has 0 fully saturated rings. The number of hydrogen-bond acceptors (Lipinski definition) is 3. The van der Waals surface area contributed by atoms with Gasteiger partial charge < -0.3 is 10.6 Å². The van der Waals surface area contributed by atoms with Crippen molar-refractivity contribution in [1.29, 1.82) is 0 Å². The summed E-state index contributed by atoms with van der Waals surface area (Å²) < 4.78 is 0. The van der Waals surface area contributed by atoms with E-state index in [4.69, 9.17) is 17.3 Å². The van der Waals surface area contributed by atoms with Crippen LogP contribution >= 0.6 is 11.6 Å². The molecule has 0 aliphatic carbocycles. The Bertz CT molecular complexity index is 350. The van der Waals surface area contributed by atoms with Crippen LogP contribution in [0, 0.1) is 0 Å². The second kappa shape index (κ2) is 4.48. The largest absolute Gasteiger partial charge is 0.363 e. The maximum absolute atomic E-state index is 11.1. The average molecular weight is 215 g/mol. The Morgan fingerprint density at radius 3 is 2.36 bits per heavy atom. The van der Waals surface area contributed by atoms with E-state index < -0.39 is 12.0 Å². The summed E-state index contributed by atoms with van der Waals surface area (Å²) in [7, 11) is 0. The number of halogens is 1. The lowest BCUT2D eigenvalue weighted by atomic mass is 10.2. The van der Waals surface area contributed by atoms with E-state index >= 15 is 0 Å². The van der Waals surface area contributed by atoms with Crippen molar-refractivity contribution < 1.29 is 14.4 Å². The Balaban J connectivity index is 2.61. The summed E-state index contributed by atoms with van der Waals surface area (Å²) in [5.41, 5.74) is 6.68.